The molecule has 5 rings (SSSR count). The van der Waals surface area contributed by atoms with Crippen LogP contribution in [0.25, 0.3) is 11.4 Å². The van der Waals surface area contributed by atoms with E-state index in [1.54, 1.807) is 43.2 Å². The number of hydrogen-bond acceptors (Lipinski definition) is 9. The molecule has 0 unspecified atom stereocenters. The first kappa shape index (κ1) is 24.3. The molecule has 11 nitrogen and oxygen atoms in total. The number of phenols is 1. The zero-order valence-corrected chi connectivity index (χ0v) is 20.0. The summed E-state index contributed by atoms with van der Waals surface area (Å²) in [6.45, 7) is 0. The second kappa shape index (κ2) is 8.06. The van der Waals surface area contributed by atoms with E-state index in [1.165, 1.54) is 11.0 Å². The first-order valence-corrected chi connectivity index (χ1v) is 11.5. The first-order valence-electron chi connectivity index (χ1n) is 11.5. The van der Waals surface area contributed by atoms with Crippen LogP contribution in [0.4, 0.5) is 0 Å². The molecule has 3 aliphatic carbocycles. The van der Waals surface area contributed by atoms with Gasteiger partial charge in [-0.3, -0.25) is 19.3 Å². The summed E-state index contributed by atoms with van der Waals surface area (Å²) in [6, 6.07) is 5.46. The van der Waals surface area contributed by atoms with Crippen molar-refractivity contribution < 1.29 is 34.8 Å². The smallest absolute Gasteiger partial charge is 0.255 e. The number of primary amides is 1. The number of ketones is 2. The molecule has 0 spiro atoms. The maximum absolute atomic E-state index is 13.8. The molecule has 1 amide bonds. The maximum Gasteiger partial charge on any atom is 0.255 e. The Labute approximate surface area is 211 Å². The summed E-state index contributed by atoms with van der Waals surface area (Å²) in [6.07, 6.45) is 3.39. The number of likely N-dealkylation sites (N-methyl/N-ethyl adjacent to an activating group) is 1. The molecule has 0 saturated heterocycles. The van der Waals surface area contributed by atoms with Crippen molar-refractivity contribution in [3.63, 3.8) is 0 Å². The van der Waals surface area contributed by atoms with Crippen LogP contribution in [0.1, 0.15) is 23.1 Å². The van der Waals surface area contributed by atoms with E-state index < -0.39 is 58.0 Å². The van der Waals surface area contributed by atoms with Crippen molar-refractivity contribution in [1.82, 2.24) is 9.47 Å². The van der Waals surface area contributed by atoms with Gasteiger partial charge < -0.3 is 30.7 Å². The normalized spacial score (nSPS) is 27.1. The van der Waals surface area contributed by atoms with Crippen molar-refractivity contribution in [2.75, 3.05) is 14.1 Å². The minimum atomic E-state index is -2.68. The summed E-state index contributed by atoms with van der Waals surface area (Å²) in [4.78, 5) is 40.5. The lowest BCUT2D eigenvalue weighted by Crippen LogP contribution is -2.65. The summed E-state index contributed by atoms with van der Waals surface area (Å²) >= 11 is 0. The number of aromatic hydroxyl groups is 1. The third kappa shape index (κ3) is 3.16. The van der Waals surface area contributed by atoms with Crippen molar-refractivity contribution in [2.24, 2.45) is 17.6 Å². The molecule has 0 aliphatic heterocycles. The largest absolute Gasteiger partial charge is 0.508 e. The summed E-state index contributed by atoms with van der Waals surface area (Å²) in [5, 5.41) is 53.6. The predicted octanol–water partition coefficient (Wildman–Crippen LogP) is 0.626. The van der Waals surface area contributed by atoms with E-state index in [0.717, 1.165) is 0 Å². The Kier molecular flexibility index (Phi) is 5.29. The Hall–Kier alpha value is -4.40. The van der Waals surface area contributed by atoms with Crippen molar-refractivity contribution in [3.05, 3.63) is 64.2 Å². The van der Waals surface area contributed by atoms with E-state index in [2.05, 4.69) is 0 Å². The van der Waals surface area contributed by atoms with Gasteiger partial charge in [0.15, 0.2) is 11.4 Å². The van der Waals surface area contributed by atoms with Gasteiger partial charge >= 0.3 is 0 Å². The zero-order chi connectivity index (χ0) is 27.0. The van der Waals surface area contributed by atoms with Gasteiger partial charge in [-0.1, -0.05) is 0 Å². The predicted molar refractivity (Wildman–Crippen MR) is 128 cm³/mol. The van der Waals surface area contributed by atoms with E-state index in [4.69, 9.17) is 5.73 Å². The van der Waals surface area contributed by atoms with Gasteiger partial charge in [-0.25, -0.2) is 0 Å². The summed E-state index contributed by atoms with van der Waals surface area (Å²) < 4.78 is 1.66. The molecule has 37 heavy (non-hydrogen) atoms. The lowest BCUT2D eigenvalue weighted by molar-refractivity contribution is -0.153. The molecule has 2 aromatic rings. The second-order valence-electron chi connectivity index (χ2n) is 9.84. The number of phenolic OH excluding ortho intramolecular Hbond substituents is 1. The number of nitriles is 1. The van der Waals surface area contributed by atoms with E-state index >= 15 is 0 Å². The fraction of sp³-hybridized carbons (Fsp3) is 0.308. The number of hydrogen-bond donors (Lipinski definition) is 5. The molecular weight excluding hydrogens is 480 g/mol. The standard InChI is InChI=1S/C26H24N4O7/c1-29(2)20-14-8-12-7-13-15(30-6-5-11(9-27)10-30)3-4-16(31)18(13)21(32)17(12)23(34)26(14,37)24(35)19(22(20)33)25(28)36/h3-6,10,12,14,20,31-32,35,37H,7-8H2,1-2H3,(H2,28,36)/t12-,14-,20-,26-/m0/s1. The van der Waals surface area contributed by atoms with Gasteiger partial charge in [-0.05, 0) is 56.6 Å². The summed E-state index contributed by atoms with van der Waals surface area (Å²) in [5.41, 5.74) is 3.03. The molecule has 1 saturated carbocycles. The number of Topliss-reactive ketones (excluding diaryl/α,β-unsaturated/α-hetero) is 2. The van der Waals surface area contributed by atoms with Crippen LogP contribution in [0, 0.1) is 23.2 Å². The van der Waals surface area contributed by atoms with Gasteiger partial charge in [0.25, 0.3) is 5.91 Å². The molecule has 0 radical (unpaired) electrons. The van der Waals surface area contributed by atoms with Gasteiger partial charge in [0.05, 0.1) is 17.2 Å². The molecule has 1 aromatic carbocycles. The Morgan fingerprint density at radius 3 is 2.51 bits per heavy atom. The Balaban J connectivity index is 1.74. The van der Waals surface area contributed by atoms with Gasteiger partial charge in [-0.2, -0.15) is 5.26 Å². The minimum absolute atomic E-state index is 0.00399. The lowest BCUT2D eigenvalue weighted by atomic mass is 9.57. The van der Waals surface area contributed by atoms with E-state index in [1.807, 2.05) is 6.07 Å². The lowest BCUT2D eigenvalue weighted by Gasteiger charge is -2.50. The number of aromatic nitrogens is 1. The Bertz CT molecular complexity index is 1510. The average molecular weight is 504 g/mol. The van der Waals surface area contributed by atoms with Crippen molar-refractivity contribution in [2.45, 2.75) is 24.5 Å². The Morgan fingerprint density at radius 2 is 1.92 bits per heavy atom. The number of nitrogens with zero attached hydrogens (tertiary/aromatic N) is 3. The highest BCUT2D eigenvalue weighted by molar-refractivity contribution is 6.24. The van der Waals surface area contributed by atoms with Crippen molar-refractivity contribution in [1.29, 1.82) is 5.26 Å². The second-order valence-corrected chi connectivity index (χ2v) is 9.84. The van der Waals surface area contributed by atoms with Crippen LogP contribution in [0.15, 0.2) is 47.5 Å². The molecule has 1 heterocycles. The summed E-state index contributed by atoms with van der Waals surface area (Å²) in [5.74, 6) is -6.99. The third-order valence-corrected chi connectivity index (χ3v) is 7.68. The number of carbonyl (C=O) groups excluding carboxylic acids is 3. The number of benzene rings is 1. The number of nitrogens with two attached hydrogens (primary N) is 1. The number of rotatable bonds is 3. The van der Waals surface area contributed by atoms with Crippen LogP contribution < -0.4 is 5.73 Å². The number of amides is 1. The molecule has 11 heteroatoms. The van der Waals surface area contributed by atoms with Crippen LogP contribution >= 0.6 is 0 Å². The quantitative estimate of drug-likeness (QED) is 0.373. The number of carbonyl (C=O) groups is 3. The average Bonchev–Trinajstić information content (AvgIpc) is 3.30. The number of aliphatic hydroxyl groups excluding tert-OH is 2. The minimum Gasteiger partial charge on any atom is -0.508 e. The van der Waals surface area contributed by atoms with Crippen LogP contribution in [-0.2, 0) is 20.8 Å². The van der Waals surface area contributed by atoms with E-state index in [-0.39, 0.29) is 29.7 Å². The molecule has 3 aliphatic rings. The molecule has 0 bridgehead atoms. The van der Waals surface area contributed by atoms with E-state index in [0.29, 0.717) is 16.8 Å². The highest BCUT2D eigenvalue weighted by Gasteiger charge is 2.64. The fourth-order valence-corrected chi connectivity index (χ4v) is 6.08. The summed E-state index contributed by atoms with van der Waals surface area (Å²) in [7, 11) is 3.09. The zero-order valence-electron chi connectivity index (χ0n) is 20.0. The molecular formula is C26H24N4O7. The first-order chi connectivity index (χ1) is 17.4. The van der Waals surface area contributed by atoms with Crippen LogP contribution in [0.3, 0.4) is 0 Å². The van der Waals surface area contributed by atoms with Crippen LogP contribution in [-0.4, -0.2) is 73.1 Å². The highest BCUT2D eigenvalue weighted by atomic mass is 16.3. The van der Waals surface area contributed by atoms with Gasteiger partial charge in [0.2, 0.25) is 5.78 Å². The topological polar surface area (TPSA) is 190 Å². The highest BCUT2D eigenvalue weighted by Crippen LogP contribution is 2.53. The van der Waals surface area contributed by atoms with Gasteiger partial charge in [0, 0.05) is 29.6 Å². The van der Waals surface area contributed by atoms with Crippen LogP contribution in [0.2, 0.25) is 0 Å². The van der Waals surface area contributed by atoms with Gasteiger partial charge in [0.1, 0.15) is 28.9 Å². The fourth-order valence-electron chi connectivity index (χ4n) is 6.08. The van der Waals surface area contributed by atoms with Crippen molar-refractivity contribution >= 4 is 23.2 Å². The molecule has 6 N–H and O–H groups in total. The SMILES string of the molecule is CN(C)[C@@H]1C(=O)C(C(N)=O)=C(O)[C@@]2(O)C(=O)C3=C(O)c4c(O)ccc(-n5ccc(C#N)c5)c4C[C@H]3C[C@@H]12. The van der Waals surface area contributed by atoms with Crippen molar-refractivity contribution in [3.8, 4) is 17.5 Å². The monoisotopic (exact) mass is 504 g/mol. The molecule has 190 valence electrons. The Morgan fingerprint density at radius 1 is 1.22 bits per heavy atom. The third-order valence-electron chi connectivity index (χ3n) is 7.68. The number of aliphatic hydroxyl groups is 3. The van der Waals surface area contributed by atoms with E-state index in [9.17, 15) is 40.1 Å². The maximum atomic E-state index is 13.8. The van der Waals surface area contributed by atoms with Crippen LogP contribution in [0.5, 0.6) is 5.75 Å². The molecule has 1 fully saturated rings. The molecule has 1 aromatic heterocycles. The van der Waals surface area contributed by atoms with Gasteiger partial charge in [-0.15, -0.1) is 0 Å². The number of fused-ring (bicyclic) bond motifs is 3. The molecule has 4 atom stereocenters.